The standard InChI is InChI=1S/C15H17N.C2H6/c1-11-7-8-14-15(11)13-6-4-3-5-12(13)9-10-16(14)2;1-2/h3-6H,2,7-10H2,1H3;1-2H3. The van der Waals surface area contributed by atoms with Crippen molar-refractivity contribution in [3.63, 3.8) is 0 Å². The smallest absolute Gasteiger partial charge is 0.133 e. The van der Waals surface area contributed by atoms with Crippen molar-refractivity contribution in [2.24, 2.45) is 0 Å². The summed E-state index contributed by atoms with van der Waals surface area (Å²) < 4.78 is 2.20. The molecule has 0 unspecified atom stereocenters. The Balaban J connectivity index is 0.000000574. The molecule has 1 aliphatic carbocycles. The predicted octanol–water partition coefficient (Wildman–Crippen LogP) is 4.08. The molecular weight excluding hydrogens is 218 g/mol. The van der Waals surface area contributed by atoms with E-state index in [2.05, 4.69) is 42.5 Å². The van der Waals surface area contributed by atoms with Gasteiger partial charge in [-0.05, 0) is 6.42 Å². The van der Waals surface area contributed by atoms with E-state index in [1.807, 2.05) is 13.8 Å². The Morgan fingerprint density at radius 1 is 1.17 bits per heavy atom. The van der Waals surface area contributed by atoms with E-state index in [1.165, 1.54) is 41.2 Å². The van der Waals surface area contributed by atoms with Gasteiger partial charge < -0.3 is 0 Å². The molecule has 1 aromatic carbocycles. The fourth-order valence-corrected chi connectivity index (χ4v) is 2.88. The highest BCUT2D eigenvalue weighted by molar-refractivity contribution is 5.81. The molecule has 0 bridgehead atoms. The lowest BCUT2D eigenvalue weighted by atomic mass is 9.95. The molecule has 2 aliphatic rings. The summed E-state index contributed by atoms with van der Waals surface area (Å²) in [5.41, 5.74) is 5.92. The normalized spacial score (nSPS) is 17.7. The molecular formula is C17H23N. The minimum absolute atomic E-state index is 1.04. The molecule has 1 aliphatic heterocycles. The van der Waals surface area contributed by atoms with Crippen molar-refractivity contribution in [2.75, 3.05) is 6.54 Å². The molecule has 1 nitrogen and oxygen atoms in total. The number of rotatable bonds is 0. The summed E-state index contributed by atoms with van der Waals surface area (Å²) in [5.74, 6) is 0. The maximum absolute atomic E-state index is 4.18. The van der Waals surface area contributed by atoms with Gasteiger partial charge in [0.05, 0.1) is 6.72 Å². The van der Waals surface area contributed by atoms with E-state index in [0.717, 1.165) is 13.0 Å². The minimum atomic E-state index is 1.04. The van der Waals surface area contributed by atoms with Crippen molar-refractivity contribution in [2.45, 2.75) is 40.0 Å². The van der Waals surface area contributed by atoms with Crippen LogP contribution in [0.5, 0.6) is 0 Å². The molecule has 0 amide bonds. The van der Waals surface area contributed by atoms with E-state index in [4.69, 9.17) is 0 Å². The van der Waals surface area contributed by atoms with E-state index in [1.54, 1.807) is 0 Å². The van der Waals surface area contributed by atoms with Crippen LogP contribution in [0.1, 0.15) is 44.7 Å². The summed E-state index contributed by atoms with van der Waals surface area (Å²) >= 11 is 0. The Morgan fingerprint density at radius 2 is 1.89 bits per heavy atom. The molecule has 0 aromatic heterocycles. The number of benzene rings is 1. The lowest BCUT2D eigenvalue weighted by Crippen LogP contribution is -2.16. The van der Waals surface area contributed by atoms with Crippen LogP contribution in [0.3, 0.4) is 0 Å². The Kier molecular flexibility index (Phi) is 3.90. The summed E-state index contributed by atoms with van der Waals surface area (Å²) in [5, 5.41) is 0. The maximum atomic E-state index is 4.18. The van der Waals surface area contributed by atoms with E-state index in [0.29, 0.717) is 0 Å². The predicted molar refractivity (Wildman–Crippen MR) is 78.8 cm³/mol. The third-order valence-corrected chi connectivity index (χ3v) is 3.77. The molecule has 3 rings (SSSR count). The van der Waals surface area contributed by atoms with E-state index < -0.39 is 0 Å². The molecule has 1 heteroatoms. The second-order valence-electron chi connectivity index (χ2n) is 4.77. The van der Waals surface area contributed by atoms with E-state index >= 15 is 0 Å². The van der Waals surface area contributed by atoms with E-state index in [-0.39, 0.29) is 0 Å². The van der Waals surface area contributed by atoms with Crippen molar-refractivity contribution in [3.05, 3.63) is 47.0 Å². The largest absolute Gasteiger partial charge is 0.288 e. The van der Waals surface area contributed by atoms with Gasteiger partial charge in [-0.3, -0.25) is 4.58 Å². The second kappa shape index (κ2) is 5.43. The summed E-state index contributed by atoms with van der Waals surface area (Å²) in [6.45, 7) is 11.5. The average molecular weight is 241 g/mol. The van der Waals surface area contributed by atoms with E-state index in [9.17, 15) is 0 Å². The van der Waals surface area contributed by atoms with Gasteiger partial charge in [-0.25, -0.2) is 0 Å². The highest BCUT2D eigenvalue weighted by atomic mass is 15.0. The van der Waals surface area contributed by atoms with Gasteiger partial charge >= 0.3 is 0 Å². The first kappa shape index (κ1) is 12.9. The van der Waals surface area contributed by atoms with Crippen LogP contribution >= 0.6 is 0 Å². The zero-order valence-electron chi connectivity index (χ0n) is 11.8. The van der Waals surface area contributed by atoms with Crippen LogP contribution in [0, 0.1) is 6.04 Å². The molecule has 1 aromatic rings. The molecule has 0 saturated heterocycles. The van der Waals surface area contributed by atoms with Gasteiger partial charge in [0.15, 0.2) is 0 Å². The average Bonchev–Trinajstić information content (AvgIpc) is 2.73. The fourth-order valence-electron chi connectivity index (χ4n) is 2.88. The molecule has 0 spiro atoms. The number of allylic oxidation sites excluding steroid dienone is 1. The van der Waals surface area contributed by atoms with Gasteiger partial charge in [0.2, 0.25) is 0 Å². The first-order valence-electron chi connectivity index (χ1n) is 6.99. The van der Waals surface area contributed by atoms with Crippen LogP contribution in [0.15, 0.2) is 29.8 Å². The van der Waals surface area contributed by atoms with Crippen LogP contribution < -0.4 is 0 Å². The van der Waals surface area contributed by atoms with Crippen molar-refractivity contribution >= 4 is 12.3 Å². The third-order valence-electron chi connectivity index (χ3n) is 3.77. The fraction of sp³-hybridized carbons (Fsp3) is 0.412. The highest BCUT2D eigenvalue weighted by Crippen LogP contribution is 2.43. The van der Waals surface area contributed by atoms with Gasteiger partial charge in [0.1, 0.15) is 12.6 Å². The molecule has 0 fully saturated rings. The first-order chi connectivity index (χ1) is 8.77. The molecule has 1 heterocycles. The van der Waals surface area contributed by atoms with Crippen molar-refractivity contribution in [1.82, 2.24) is 0 Å². The van der Waals surface area contributed by atoms with Crippen LogP contribution in [0.2, 0.25) is 0 Å². The van der Waals surface area contributed by atoms with Crippen LogP contribution in [-0.2, 0) is 6.42 Å². The highest BCUT2D eigenvalue weighted by Gasteiger charge is 2.28. The van der Waals surface area contributed by atoms with Gasteiger partial charge in [-0.1, -0.05) is 68.2 Å². The van der Waals surface area contributed by atoms with Crippen molar-refractivity contribution in [3.8, 4) is 0 Å². The first-order valence-corrected chi connectivity index (χ1v) is 6.99. The van der Waals surface area contributed by atoms with Gasteiger partial charge in [-0.2, -0.15) is 0 Å². The van der Waals surface area contributed by atoms with Crippen LogP contribution in [-0.4, -0.2) is 17.8 Å². The zero-order chi connectivity index (χ0) is 13.1. The molecule has 0 saturated carbocycles. The zero-order valence-corrected chi connectivity index (χ0v) is 11.8. The van der Waals surface area contributed by atoms with Crippen LogP contribution in [0.25, 0.3) is 5.57 Å². The Bertz CT molecular complexity index is 482. The quantitative estimate of drug-likeness (QED) is 0.475. The summed E-state index contributed by atoms with van der Waals surface area (Å²) in [6.07, 6.45) is 3.48. The van der Waals surface area contributed by atoms with Crippen molar-refractivity contribution in [1.29, 1.82) is 0 Å². The molecule has 0 atom stereocenters. The molecule has 0 N–H and O–H groups in total. The number of hydrogen-bond acceptors (Lipinski definition) is 0. The molecule has 0 radical (unpaired) electrons. The Labute approximate surface area is 111 Å². The summed E-state index contributed by atoms with van der Waals surface area (Å²) in [6, 6.07) is 10.3. The third kappa shape index (κ3) is 2.10. The minimum Gasteiger partial charge on any atom is -0.288 e. The number of fused-ring (bicyclic) bond motifs is 3. The van der Waals surface area contributed by atoms with Crippen molar-refractivity contribution < 1.29 is 4.58 Å². The SMILES string of the molecule is C=[N+]1CCc2ccccc2C2=C(C)CC[C-]21.CC. The van der Waals surface area contributed by atoms with Gasteiger partial charge in [-0.15, -0.1) is 5.57 Å². The monoisotopic (exact) mass is 241 g/mol. The lowest BCUT2D eigenvalue weighted by Gasteiger charge is -2.18. The van der Waals surface area contributed by atoms with Gasteiger partial charge in [0, 0.05) is 6.42 Å². The summed E-state index contributed by atoms with van der Waals surface area (Å²) in [7, 11) is 0. The van der Waals surface area contributed by atoms with Crippen LogP contribution in [0.4, 0.5) is 0 Å². The Hall–Kier alpha value is -1.50. The summed E-state index contributed by atoms with van der Waals surface area (Å²) in [4.78, 5) is 0. The lowest BCUT2D eigenvalue weighted by molar-refractivity contribution is -0.495. The van der Waals surface area contributed by atoms with Gasteiger partial charge in [0.25, 0.3) is 0 Å². The molecule has 96 valence electrons. The topological polar surface area (TPSA) is 3.01 Å². The maximum Gasteiger partial charge on any atom is 0.133 e. The number of nitrogens with zero attached hydrogens (tertiary/aromatic N) is 1. The number of hydrogen-bond donors (Lipinski definition) is 0. The second-order valence-corrected chi connectivity index (χ2v) is 4.77. The Morgan fingerprint density at radius 3 is 2.67 bits per heavy atom. The molecule has 18 heavy (non-hydrogen) atoms.